The highest BCUT2D eigenvalue weighted by Gasteiger charge is 1.85. The maximum absolute atomic E-state index is 8.82. The summed E-state index contributed by atoms with van der Waals surface area (Å²) < 4.78 is 31.6. The molecule has 0 aliphatic rings. The largest absolute Gasteiger partial charge is 0.508 e. The minimum atomic E-state index is -4.67. The first-order chi connectivity index (χ1) is 6.33. The van der Waals surface area contributed by atoms with Crippen LogP contribution < -0.4 is 0 Å². The highest BCUT2D eigenvalue weighted by Crippen LogP contribution is 2.09. The van der Waals surface area contributed by atoms with Gasteiger partial charge in [0.15, 0.2) is 0 Å². The zero-order chi connectivity index (χ0) is 11.2. The molecule has 6 heteroatoms. The smallest absolute Gasteiger partial charge is 0.394 e. The van der Waals surface area contributed by atoms with E-state index in [1.54, 1.807) is 18.2 Å². The van der Waals surface area contributed by atoms with Gasteiger partial charge in [-0.2, -0.15) is 8.42 Å². The number of phenols is 1. The summed E-state index contributed by atoms with van der Waals surface area (Å²) in [6.45, 7) is 3.58. The van der Waals surface area contributed by atoms with Crippen molar-refractivity contribution >= 4 is 16.5 Å². The molecule has 78 valence electrons. The average Bonchev–Trinajstić information content (AvgIpc) is 2.03. The number of benzene rings is 1. The average molecular weight is 218 g/mol. The van der Waals surface area contributed by atoms with Crippen LogP contribution in [0.5, 0.6) is 5.75 Å². The molecule has 0 saturated carbocycles. The monoisotopic (exact) mass is 218 g/mol. The van der Waals surface area contributed by atoms with Crippen molar-refractivity contribution in [2.45, 2.75) is 0 Å². The molecule has 0 amide bonds. The molecule has 0 aliphatic carbocycles. The fraction of sp³-hybridized carbons (Fsp3) is 0. The molecule has 0 aromatic heterocycles. The molecule has 0 bridgehead atoms. The molecule has 3 N–H and O–H groups in total. The summed E-state index contributed by atoms with van der Waals surface area (Å²) in [6.07, 6.45) is 1.74. The second kappa shape index (κ2) is 5.38. The van der Waals surface area contributed by atoms with E-state index in [9.17, 15) is 0 Å². The van der Waals surface area contributed by atoms with E-state index in [0.717, 1.165) is 5.56 Å². The summed E-state index contributed by atoms with van der Waals surface area (Å²) >= 11 is 0. The van der Waals surface area contributed by atoms with Crippen LogP contribution in [0.25, 0.3) is 6.08 Å². The SMILES string of the molecule is C=Cc1ccc(O)cc1.O=S(=O)(O)O. The van der Waals surface area contributed by atoms with E-state index in [0.29, 0.717) is 5.75 Å². The minimum absolute atomic E-state index is 0.292. The van der Waals surface area contributed by atoms with Crippen molar-refractivity contribution in [3.05, 3.63) is 36.4 Å². The van der Waals surface area contributed by atoms with Crippen LogP contribution >= 0.6 is 0 Å². The van der Waals surface area contributed by atoms with Crippen molar-refractivity contribution in [1.82, 2.24) is 0 Å². The van der Waals surface area contributed by atoms with Gasteiger partial charge < -0.3 is 5.11 Å². The Morgan fingerprint density at radius 1 is 1.14 bits per heavy atom. The van der Waals surface area contributed by atoms with Gasteiger partial charge in [-0.1, -0.05) is 24.8 Å². The minimum Gasteiger partial charge on any atom is -0.508 e. The Bertz CT molecular complexity index is 371. The van der Waals surface area contributed by atoms with Crippen LogP contribution in [0.2, 0.25) is 0 Å². The third-order valence-electron chi connectivity index (χ3n) is 1.13. The Morgan fingerprint density at radius 3 is 1.79 bits per heavy atom. The second-order valence-corrected chi connectivity index (χ2v) is 3.14. The Hall–Kier alpha value is -1.37. The number of hydrogen-bond acceptors (Lipinski definition) is 3. The van der Waals surface area contributed by atoms with Crippen LogP contribution in [0.15, 0.2) is 30.8 Å². The van der Waals surface area contributed by atoms with E-state index in [1.165, 1.54) is 0 Å². The first-order valence-electron chi connectivity index (χ1n) is 3.44. The van der Waals surface area contributed by atoms with Crippen LogP contribution in [0.1, 0.15) is 5.56 Å². The normalized spacial score (nSPS) is 9.86. The topological polar surface area (TPSA) is 94.8 Å². The number of aromatic hydroxyl groups is 1. The summed E-state index contributed by atoms with van der Waals surface area (Å²) in [5.41, 5.74) is 1.02. The van der Waals surface area contributed by atoms with Crippen molar-refractivity contribution in [2.75, 3.05) is 0 Å². The number of hydrogen-bond donors (Lipinski definition) is 3. The lowest BCUT2D eigenvalue weighted by Crippen LogP contribution is -1.89. The van der Waals surface area contributed by atoms with Gasteiger partial charge in [0, 0.05) is 0 Å². The van der Waals surface area contributed by atoms with Crippen molar-refractivity contribution in [2.24, 2.45) is 0 Å². The molecule has 1 rings (SSSR count). The first-order valence-corrected chi connectivity index (χ1v) is 4.84. The van der Waals surface area contributed by atoms with Gasteiger partial charge in [-0.25, -0.2) is 0 Å². The molecule has 0 spiro atoms. The summed E-state index contributed by atoms with van der Waals surface area (Å²) in [4.78, 5) is 0. The molecule has 1 aromatic rings. The van der Waals surface area contributed by atoms with Gasteiger partial charge in [0.05, 0.1) is 0 Å². The van der Waals surface area contributed by atoms with Gasteiger partial charge >= 0.3 is 10.4 Å². The van der Waals surface area contributed by atoms with Gasteiger partial charge in [-0.05, 0) is 17.7 Å². The molecule has 0 aliphatic heterocycles. The zero-order valence-electron chi connectivity index (χ0n) is 7.16. The molecule has 0 atom stereocenters. The molecular weight excluding hydrogens is 208 g/mol. The van der Waals surface area contributed by atoms with E-state index < -0.39 is 10.4 Å². The quantitative estimate of drug-likeness (QED) is 0.619. The molecule has 0 saturated heterocycles. The van der Waals surface area contributed by atoms with Crippen LogP contribution in [-0.4, -0.2) is 22.6 Å². The number of rotatable bonds is 1. The maximum atomic E-state index is 8.82. The Kier molecular flexibility index (Phi) is 4.85. The molecule has 0 heterocycles. The van der Waals surface area contributed by atoms with E-state index in [4.69, 9.17) is 22.6 Å². The number of phenolic OH excluding ortho intramolecular Hbond substituents is 1. The van der Waals surface area contributed by atoms with Gasteiger partial charge in [0.25, 0.3) is 0 Å². The Labute approximate surface area is 81.9 Å². The molecule has 0 fully saturated rings. The molecule has 0 unspecified atom stereocenters. The van der Waals surface area contributed by atoms with E-state index >= 15 is 0 Å². The van der Waals surface area contributed by atoms with Crippen molar-refractivity contribution in [3.8, 4) is 5.75 Å². The Balaban J connectivity index is 0.000000292. The molecule has 5 nitrogen and oxygen atoms in total. The third kappa shape index (κ3) is 8.72. The lowest BCUT2D eigenvalue weighted by molar-refractivity contribution is 0.381. The van der Waals surface area contributed by atoms with Gasteiger partial charge in [0.1, 0.15) is 5.75 Å². The summed E-state index contributed by atoms with van der Waals surface area (Å²) in [7, 11) is -4.67. The first kappa shape index (κ1) is 12.6. The van der Waals surface area contributed by atoms with Crippen LogP contribution in [0.4, 0.5) is 0 Å². The van der Waals surface area contributed by atoms with Crippen molar-refractivity contribution < 1.29 is 22.6 Å². The summed E-state index contributed by atoms with van der Waals surface area (Å²) in [6, 6.07) is 6.89. The molecule has 1 aromatic carbocycles. The second-order valence-electron chi connectivity index (χ2n) is 2.24. The highest BCUT2D eigenvalue weighted by atomic mass is 32.3. The van der Waals surface area contributed by atoms with Crippen LogP contribution in [-0.2, 0) is 10.4 Å². The fourth-order valence-corrected chi connectivity index (χ4v) is 0.610. The van der Waals surface area contributed by atoms with E-state index in [-0.39, 0.29) is 0 Å². The summed E-state index contributed by atoms with van der Waals surface area (Å²) in [5, 5.41) is 8.82. The standard InChI is InChI=1S/C8H8O.H2O4S/c1-2-7-3-5-8(9)6-4-7;1-5(2,3)4/h2-6,9H,1H2;(H2,1,2,3,4). The van der Waals surface area contributed by atoms with Crippen LogP contribution in [0, 0.1) is 0 Å². The zero-order valence-corrected chi connectivity index (χ0v) is 7.98. The highest BCUT2D eigenvalue weighted by molar-refractivity contribution is 7.79. The molecule has 14 heavy (non-hydrogen) atoms. The lowest BCUT2D eigenvalue weighted by Gasteiger charge is -1.90. The van der Waals surface area contributed by atoms with Gasteiger partial charge in [0.2, 0.25) is 0 Å². The lowest BCUT2D eigenvalue weighted by atomic mass is 10.2. The maximum Gasteiger partial charge on any atom is 0.394 e. The predicted octanol–water partition coefficient (Wildman–Crippen LogP) is 1.38. The molecular formula is C8H10O5S. The summed E-state index contributed by atoms with van der Waals surface area (Å²) in [5.74, 6) is 0.292. The third-order valence-corrected chi connectivity index (χ3v) is 1.13. The van der Waals surface area contributed by atoms with Gasteiger partial charge in [-0.15, -0.1) is 0 Å². The van der Waals surface area contributed by atoms with Crippen LogP contribution in [0.3, 0.4) is 0 Å². The fourth-order valence-electron chi connectivity index (χ4n) is 0.610. The van der Waals surface area contributed by atoms with E-state index in [1.807, 2.05) is 12.1 Å². The van der Waals surface area contributed by atoms with E-state index in [2.05, 4.69) is 6.58 Å². The van der Waals surface area contributed by atoms with Crippen molar-refractivity contribution in [1.29, 1.82) is 0 Å². The molecule has 0 radical (unpaired) electrons. The van der Waals surface area contributed by atoms with Gasteiger partial charge in [-0.3, -0.25) is 9.11 Å². The predicted molar refractivity (Wildman–Crippen MR) is 52.4 cm³/mol. The Morgan fingerprint density at radius 2 is 1.50 bits per heavy atom. The van der Waals surface area contributed by atoms with Crippen molar-refractivity contribution in [3.63, 3.8) is 0 Å².